The molecule has 0 saturated heterocycles. The van der Waals surface area contributed by atoms with Gasteiger partial charge in [-0.15, -0.1) is 0 Å². The number of aromatic nitrogens is 1. The SMILES string of the molecule is CCc1ccc(OC)c(S(=O)(=O)Nc2noc3ccc(C(C)=O)cc23)c1. The second-order valence-electron chi connectivity index (χ2n) is 5.74. The zero-order valence-corrected chi connectivity index (χ0v) is 15.4. The third-order valence-electron chi connectivity index (χ3n) is 4.03. The van der Waals surface area contributed by atoms with Gasteiger partial charge in [-0.25, -0.2) is 8.42 Å². The van der Waals surface area contributed by atoms with Crippen molar-refractivity contribution in [1.29, 1.82) is 0 Å². The van der Waals surface area contributed by atoms with Crippen LogP contribution in [-0.2, 0) is 16.4 Å². The lowest BCUT2D eigenvalue weighted by molar-refractivity contribution is 0.101. The molecule has 7 nitrogen and oxygen atoms in total. The van der Waals surface area contributed by atoms with Crippen LogP contribution in [0.5, 0.6) is 5.75 Å². The van der Waals surface area contributed by atoms with Gasteiger partial charge < -0.3 is 9.26 Å². The lowest BCUT2D eigenvalue weighted by Crippen LogP contribution is -2.15. The summed E-state index contributed by atoms with van der Waals surface area (Å²) in [5, 5.41) is 4.20. The third-order valence-corrected chi connectivity index (χ3v) is 5.39. The lowest BCUT2D eigenvalue weighted by atomic mass is 10.1. The average molecular weight is 374 g/mol. The van der Waals surface area contributed by atoms with Crippen LogP contribution in [0.4, 0.5) is 5.82 Å². The summed E-state index contributed by atoms with van der Waals surface area (Å²) < 4.78 is 38.5. The summed E-state index contributed by atoms with van der Waals surface area (Å²) in [5.74, 6) is 0.109. The number of nitrogens with one attached hydrogen (secondary N) is 1. The van der Waals surface area contributed by atoms with E-state index in [2.05, 4.69) is 9.88 Å². The first-order valence-corrected chi connectivity index (χ1v) is 9.44. The first-order valence-electron chi connectivity index (χ1n) is 7.96. The molecule has 0 spiro atoms. The van der Waals surface area contributed by atoms with Crippen LogP contribution in [0.25, 0.3) is 11.0 Å². The van der Waals surface area contributed by atoms with Gasteiger partial charge in [0.05, 0.1) is 12.5 Å². The minimum atomic E-state index is -3.97. The van der Waals surface area contributed by atoms with Crippen molar-refractivity contribution in [3.63, 3.8) is 0 Å². The van der Waals surface area contributed by atoms with Crippen molar-refractivity contribution in [3.05, 3.63) is 47.5 Å². The molecule has 26 heavy (non-hydrogen) atoms. The van der Waals surface area contributed by atoms with Crippen molar-refractivity contribution in [1.82, 2.24) is 5.16 Å². The van der Waals surface area contributed by atoms with Gasteiger partial charge in [-0.05, 0) is 49.2 Å². The van der Waals surface area contributed by atoms with E-state index < -0.39 is 10.0 Å². The zero-order chi connectivity index (χ0) is 18.9. The molecule has 0 radical (unpaired) electrons. The highest BCUT2D eigenvalue weighted by molar-refractivity contribution is 7.92. The molecule has 0 saturated carbocycles. The second-order valence-corrected chi connectivity index (χ2v) is 7.39. The Morgan fingerprint density at radius 3 is 2.65 bits per heavy atom. The first kappa shape index (κ1) is 17.9. The van der Waals surface area contributed by atoms with Crippen LogP contribution in [0.15, 0.2) is 45.8 Å². The van der Waals surface area contributed by atoms with E-state index in [1.807, 2.05) is 13.0 Å². The van der Waals surface area contributed by atoms with Crippen LogP contribution >= 0.6 is 0 Å². The molecular weight excluding hydrogens is 356 g/mol. The molecule has 3 aromatic rings. The van der Waals surface area contributed by atoms with Gasteiger partial charge in [0.1, 0.15) is 10.6 Å². The molecule has 0 fully saturated rings. The summed E-state index contributed by atoms with van der Waals surface area (Å²) >= 11 is 0. The monoisotopic (exact) mass is 374 g/mol. The summed E-state index contributed by atoms with van der Waals surface area (Å²) in [5.41, 5.74) is 1.67. The number of ketones is 1. The Morgan fingerprint density at radius 2 is 2.00 bits per heavy atom. The molecule has 136 valence electrons. The number of fused-ring (bicyclic) bond motifs is 1. The second kappa shape index (κ2) is 6.80. The number of rotatable bonds is 6. The fourth-order valence-corrected chi connectivity index (χ4v) is 3.80. The molecule has 1 heterocycles. The van der Waals surface area contributed by atoms with Crippen molar-refractivity contribution < 1.29 is 22.5 Å². The average Bonchev–Trinajstić information content (AvgIpc) is 3.02. The molecule has 0 aliphatic heterocycles. The Bertz CT molecular complexity index is 1090. The number of hydrogen-bond donors (Lipinski definition) is 1. The fourth-order valence-electron chi connectivity index (χ4n) is 2.56. The van der Waals surface area contributed by atoms with Gasteiger partial charge in [0.25, 0.3) is 10.0 Å². The summed E-state index contributed by atoms with van der Waals surface area (Å²) in [4.78, 5) is 11.6. The Hall–Kier alpha value is -2.87. The van der Waals surface area contributed by atoms with E-state index >= 15 is 0 Å². The standard InChI is InChI=1S/C18H18N2O5S/c1-4-12-5-7-16(24-3)17(9-12)26(22,23)20-18-14-10-13(11(2)21)6-8-15(14)25-19-18/h5-10H,4H2,1-3H3,(H,19,20). The molecule has 0 unspecified atom stereocenters. The van der Waals surface area contributed by atoms with Crippen molar-refractivity contribution in [3.8, 4) is 5.75 Å². The van der Waals surface area contributed by atoms with Gasteiger partial charge in [0.15, 0.2) is 17.2 Å². The van der Waals surface area contributed by atoms with Crippen molar-refractivity contribution in [2.45, 2.75) is 25.2 Å². The van der Waals surface area contributed by atoms with Crippen LogP contribution in [0, 0.1) is 0 Å². The van der Waals surface area contributed by atoms with Gasteiger partial charge in [0.2, 0.25) is 0 Å². The van der Waals surface area contributed by atoms with Crippen molar-refractivity contribution >= 4 is 32.6 Å². The number of nitrogens with zero attached hydrogens (tertiary/aromatic N) is 1. The number of sulfonamides is 1. The maximum Gasteiger partial charge on any atom is 0.266 e. The maximum atomic E-state index is 12.9. The molecule has 1 aromatic heterocycles. The van der Waals surface area contributed by atoms with Gasteiger partial charge >= 0.3 is 0 Å². The number of methoxy groups -OCH3 is 1. The summed E-state index contributed by atoms with van der Waals surface area (Å²) in [6, 6.07) is 9.71. The highest BCUT2D eigenvalue weighted by Gasteiger charge is 2.23. The van der Waals surface area contributed by atoms with Crippen LogP contribution in [0.2, 0.25) is 0 Å². The van der Waals surface area contributed by atoms with E-state index in [4.69, 9.17) is 9.26 Å². The van der Waals surface area contributed by atoms with Crippen molar-refractivity contribution in [2.75, 3.05) is 11.8 Å². The normalized spacial score (nSPS) is 11.5. The van der Waals surface area contributed by atoms with Gasteiger partial charge in [-0.2, -0.15) is 0 Å². The zero-order valence-electron chi connectivity index (χ0n) is 14.6. The first-order chi connectivity index (χ1) is 12.4. The summed E-state index contributed by atoms with van der Waals surface area (Å²) in [6.07, 6.45) is 0.682. The van der Waals surface area contributed by atoms with Gasteiger partial charge in [-0.1, -0.05) is 18.1 Å². The summed E-state index contributed by atoms with van der Waals surface area (Å²) in [6.45, 7) is 3.36. The predicted octanol–water partition coefficient (Wildman–Crippen LogP) is 3.40. The highest BCUT2D eigenvalue weighted by Crippen LogP contribution is 2.30. The fraction of sp³-hybridized carbons (Fsp3) is 0.222. The van der Waals surface area contributed by atoms with Crippen LogP contribution < -0.4 is 9.46 Å². The molecule has 0 aliphatic rings. The lowest BCUT2D eigenvalue weighted by Gasteiger charge is -2.11. The van der Waals surface area contributed by atoms with E-state index in [1.54, 1.807) is 30.3 Å². The number of aryl methyl sites for hydroxylation is 1. The highest BCUT2D eigenvalue weighted by atomic mass is 32.2. The molecule has 0 aliphatic carbocycles. The smallest absolute Gasteiger partial charge is 0.266 e. The number of carbonyl (C=O) groups excluding carboxylic acids is 1. The van der Waals surface area contributed by atoms with Crippen LogP contribution in [0.1, 0.15) is 29.8 Å². The van der Waals surface area contributed by atoms with Crippen LogP contribution in [0.3, 0.4) is 0 Å². The molecule has 3 rings (SSSR count). The topological polar surface area (TPSA) is 98.5 Å². The molecule has 0 bridgehead atoms. The van der Waals surface area contributed by atoms with E-state index in [0.717, 1.165) is 5.56 Å². The number of ether oxygens (including phenoxy) is 1. The Morgan fingerprint density at radius 1 is 1.23 bits per heavy atom. The van der Waals surface area contributed by atoms with Crippen LogP contribution in [-0.4, -0.2) is 26.5 Å². The van der Waals surface area contributed by atoms with E-state index in [9.17, 15) is 13.2 Å². The number of hydrogen-bond acceptors (Lipinski definition) is 6. The van der Waals surface area contributed by atoms with Gasteiger partial charge in [0, 0.05) is 5.56 Å². The number of benzene rings is 2. The Kier molecular flexibility index (Phi) is 4.69. The number of carbonyl (C=O) groups is 1. The molecule has 0 atom stereocenters. The Labute approximate surface area is 151 Å². The van der Waals surface area contributed by atoms with Crippen molar-refractivity contribution in [2.24, 2.45) is 0 Å². The van der Waals surface area contributed by atoms with E-state index in [-0.39, 0.29) is 22.2 Å². The maximum absolute atomic E-state index is 12.9. The Balaban J connectivity index is 2.07. The molecule has 0 amide bonds. The molecular formula is C18H18N2O5S. The van der Waals surface area contributed by atoms with Gasteiger partial charge in [-0.3, -0.25) is 9.52 Å². The molecule has 8 heteroatoms. The third kappa shape index (κ3) is 3.28. The number of anilines is 1. The molecule has 2 aromatic carbocycles. The summed E-state index contributed by atoms with van der Waals surface area (Å²) in [7, 11) is -2.56. The largest absolute Gasteiger partial charge is 0.495 e. The van der Waals surface area contributed by atoms with E-state index in [0.29, 0.717) is 23.0 Å². The minimum Gasteiger partial charge on any atom is -0.495 e. The quantitative estimate of drug-likeness (QED) is 0.664. The van der Waals surface area contributed by atoms with E-state index in [1.165, 1.54) is 14.0 Å². The number of Topliss-reactive ketones (excluding diaryl/α,β-unsaturated/α-hetero) is 1. The minimum absolute atomic E-state index is 0.0122. The predicted molar refractivity (Wildman–Crippen MR) is 97.2 cm³/mol. The molecule has 1 N–H and O–H groups in total.